The topological polar surface area (TPSA) is 53.4 Å². The number of aromatic nitrogens is 2. The Labute approximate surface area is 88.0 Å². The molecule has 5 nitrogen and oxygen atoms in total. The lowest BCUT2D eigenvalue weighted by Gasteiger charge is -2.11. The molecule has 1 aliphatic rings. The van der Waals surface area contributed by atoms with Gasteiger partial charge in [-0.05, 0) is 6.92 Å². The molecule has 2 rings (SSSR count). The predicted molar refractivity (Wildman–Crippen MR) is 52.6 cm³/mol. The zero-order chi connectivity index (χ0) is 10.8. The van der Waals surface area contributed by atoms with Gasteiger partial charge in [-0.25, -0.2) is 4.79 Å². The zero-order valence-corrected chi connectivity index (χ0v) is 8.95. The van der Waals surface area contributed by atoms with E-state index in [2.05, 4.69) is 5.10 Å². The normalized spacial score (nSPS) is 14.8. The lowest BCUT2D eigenvalue weighted by atomic mass is 10.1. The second-order valence-corrected chi connectivity index (χ2v) is 3.38. The van der Waals surface area contributed by atoms with Gasteiger partial charge in [-0.1, -0.05) is 0 Å². The van der Waals surface area contributed by atoms with Crippen LogP contribution in [0.5, 0.6) is 0 Å². The summed E-state index contributed by atoms with van der Waals surface area (Å²) >= 11 is 0. The Balaban J connectivity index is 2.49. The summed E-state index contributed by atoms with van der Waals surface area (Å²) in [5.74, 6) is -0.337. The Morgan fingerprint density at radius 1 is 1.67 bits per heavy atom. The van der Waals surface area contributed by atoms with Crippen LogP contribution in [-0.2, 0) is 29.0 Å². The number of hydrogen-bond acceptors (Lipinski definition) is 4. The second kappa shape index (κ2) is 4.02. The van der Waals surface area contributed by atoms with Crippen LogP contribution in [0.3, 0.4) is 0 Å². The Morgan fingerprint density at radius 3 is 3.13 bits per heavy atom. The van der Waals surface area contributed by atoms with E-state index in [9.17, 15) is 4.79 Å². The van der Waals surface area contributed by atoms with Crippen molar-refractivity contribution >= 4 is 5.97 Å². The van der Waals surface area contributed by atoms with E-state index >= 15 is 0 Å². The van der Waals surface area contributed by atoms with Crippen molar-refractivity contribution < 1.29 is 14.3 Å². The number of esters is 1. The minimum atomic E-state index is -0.337. The lowest BCUT2D eigenvalue weighted by Crippen LogP contribution is -2.14. The van der Waals surface area contributed by atoms with Crippen LogP contribution in [0.25, 0.3) is 0 Å². The number of nitrogens with zero attached hydrogens (tertiary/aromatic N) is 2. The van der Waals surface area contributed by atoms with E-state index < -0.39 is 0 Å². The smallest absolute Gasteiger partial charge is 0.356 e. The van der Waals surface area contributed by atoms with E-state index in [1.165, 1.54) is 7.11 Å². The molecule has 0 unspecified atom stereocenters. The molecule has 0 fully saturated rings. The summed E-state index contributed by atoms with van der Waals surface area (Å²) < 4.78 is 11.8. The lowest BCUT2D eigenvalue weighted by molar-refractivity contribution is 0.0576. The minimum absolute atomic E-state index is 0.337. The van der Waals surface area contributed by atoms with Gasteiger partial charge in [0.15, 0.2) is 5.69 Å². The number of carbonyl (C=O) groups excluding carboxylic acids is 1. The monoisotopic (exact) mass is 210 g/mol. The number of ether oxygens (including phenoxy) is 2. The standard InChI is InChI=1S/C10H14N2O3/c1-3-12-9(10(13)14-2)7-6-15-5-4-8(7)11-12/h3-6H2,1-2H3. The van der Waals surface area contributed by atoms with E-state index in [0.717, 1.165) is 17.7 Å². The van der Waals surface area contributed by atoms with Gasteiger partial charge < -0.3 is 9.47 Å². The molecule has 1 aliphatic heterocycles. The maximum atomic E-state index is 11.6. The van der Waals surface area contributed by atoms with Gasteiger partial charge in [0.1, 0.15) is 0 Å². The van der Waals surface area contributed by atoms with Gasteiger partial charge in [0, 0.05) is 18.5 Å². The molecular weight excluding hydrogens is 196 g/mol. The average molecular weight is 210 g/mol. The molecule has 5 heteroatoms. The highest BCUT2D eigenvalue weighted by Crippen LogP contribution is 2.21. The third-order valence-electron chi connectivity index (χ3n) is 2.54. The van der Waals surface area contributed by atoms with Crippen LogP contribution in [0.15, 0.2) is 0 Å². The quantitative estimate of drug-likeness (QED) is 0.676. The van der Waals surface area contributed by atoms with Crippen molar-refractivity contribution in [1.82, 2.24) is 9.78 Å². The number of rotatable bonds is 2. The Morgan fingerprint density at radius 2 is 2.47 bits per heavy atom. The molecule has 0 amide bonds. The number of aryl methyl sites for hydroxylation is 1. The zero-order valence-electron chi connectivity index (χ0n) is 8.95. The summed E-state index contributed by atoms with van der Waals surface area (Å²) in [5, 5.41) is 4.37. The Hall–Kier alpha value is -1.36. The fourth-order valence-electron chi connectivity index (χ4n) is 1.80. The van der Waals surface area contributed by atoms with Gasteiger partial charge in [-0.2, -0.15) is 5.10 Å². The number of fused-ring (bicyclic) bond motifs is 1. The Kier molecular flexibility index (Phi) is 2.73. The van der Waals surface area contributed by atoms with E-state index in [1.54, 1.807) is 4.68 Å². The molecule has 15 heavy (non-hydrogen) atoms. The van der Waals surface area contributed by atoms with Crippen LogP contribution in [0.1, 0.15) is 28.7 Å². The highest BCUT2D eigenvalue weighted by molar-refractivity contribution is 5.89. The molecule has 1 aromatic rings. The number of methoxy groups -OCH3 is 1. The molecule has 0 atom stereocenters. The number of carbonyl (C=O) groups is 1. The molecule has 1 aromatic heterocycles. The third-order valence-corrected chi connectivity index (χ3v) is 2.54. The van der Waals surface area contributed by atoms with Crippen molar-refractivity contribution in [3.8, 4) is 0 Å². The van der Waals surface area contributed by atoms with Crippen LogP contribution in [0, 0.1) is 0 Å². The highest BCUT2D eigenvalue weighted by atomic mass is 16.5. The van der Waals surface area contributed by atoms with Gasteiger partial charge >= 0.3 is 5.97 Å². The summed E-state index contributed by atoms with van der Waals surface area (Å²) in [6, 6.07) is 0. The molecule has 0 bridgehead atoms. The van der Waals surface area contributed by atoms with Gasteiger partial charge in [0.05, 0.1) is 26.0 Å². The third kappa shape index (κ3) is 1.63. The van der Waals surface area contributed by atoms with Crippen molar-refractivity contribution in [2.24, 2.45) is 0 Å². The van der Waals surface area contributed by atoms with E-state index in [0.29, 0.717) is 25.5 Å². The molecule has 0 aliphatic carbocycles. The summed E-state index contributed by atoms with van der Waals surface area (Å²) in [5.41, 5.74) is 2.38. The summed E-state index contributed by atoms with van der Waals surface area (Å²) in [6.07, 6.45) is 0.770. The molecule has 0 radical (unpaired) electrons. The molecule has 0 N–H and O–H groups in total. The minimum Gasteiger partial charge on any atom is -0.464 e. The maximum absolute atomic E-state index is 11.6. The molecule has 0 saturated carbocycles. The van der Waals surface area contributed by atoms with Gasteiger partial charge in [0.25, 0.3) is 0 Å². The summed E-state index contributed by atoms with van der Waals surface area (Å²) in [4.78, 5) is 11.6. The van der Waals surface area contributed by atoms with Crippen molar-refractivity contribution in [3.63, 3.8) is 0 Å². The first-order chi connectivity index (χ1) is 7.27. The van der Waals surface area contributed by atoms with E-state index in [4.69, 9.17) is 9.47 Å². The molecule has 0 saturated heterocycles. The van der Waals surface area contributed by atoms with Gasteiger partial charge in [-0.3, -0.25) is 4.68 Å². The van der Waals surface area contributed by atoms with Crippen LogP contribution in [-0.4, -0.2) is 29.5 Å². The van der Waals surface area contributed by atoms with Crippen molar-refractivity contribution in [1.29, 1.82) is 0 Å². The van der Waals surface area contributed by atoms with Crippen LogP contribution in [0.2, 0.25) is 0 Å². The average Bonchev–Trinajstić information content (AvgIpc) is 2.66. The molecule has 82 valence electrons. The first-order valence-electron chi connectivity index (χ1n) is 5.02. The highest BCUT2D eigenvalue weighted by Gasteiger charge is 2.25. The van der Waals surface area contributed by atoms with Gasteiger partial charge in [0.2, 0.25) is 0 Å². The first kappa shape index (κ1) is 10.2. The maximum Gasteiger partial charge on any atom is 0.356 e. The largest absolute Gasteiger partial charge is 0.464 e. The van der Waals surface area contributed by atoms with Gasteiger partial charge in [-0.15, -0.1) is 0 Å². The predicted octanol–water partition coefficient (Wildman–Crippen LogP) is 0.762. The van der Waals surface area contributed by atoms with E-state index in [1.807, 2.05) is 6.92 Å². The van der Waals surface area contributed by atoms with Crippen LogP contribution >= 0.6 is 0 Å². The molecule has 0 aromatic carbocycles. The van der Waals surface area contributed by atoms with Crippen molar-refractivity contribution in [3.05, 3.63) is 17.0 Å². The van der Waals surface area contributed by atoms with Crippen LogP contribution in [0.4, 0.5) is 0 Å². The fourth-order valence-corrected chi connectivity index (χ4v) is 1.80. The summed E-state index contributed by atoms with van der Waals surface area (Å²) in [6.45, 7) is 3.75. The summed E-state index contributed by atoms with van der Waals surface area (Å²) in [7, 11) is 1.38. The molecule has 2 heterocycles. The van der Waals surface area contributed by atoms with Crippen molar-refractivity contribution in [2.75, 3.05) is 13.7 Å². The number of hydrogen-bond donors (Lipinski definition) is 0. The van der Waals surface area contributed by atoms with Crippen molar-refractivity contribution in [2.45, 2.75) is 26.5 Å². The van der Waals surface area contributed by atoms with Crippen LogP contribution < -0.4 is 0 Å². The SMILES string of the molecule is CCn1nc2c(c1C(=O)OC)COCC2. The fraction of sp³-hybridized carbons (Fsp3) is 0.600. The first-order valence-corrected chi connectivity index (χ1v) is 5.02. The molecular formula is C10H14N2O3. The Bertz CT molecular complexity index is 384. The molecule has 0 spiro atoms. The van der Waals surface area contributed by atoms with E-state index in [-0.39, 0.29) is 5.97 Å². The second-order valence-electron chi connectivity index (χ2n) is 3.38.